The average Bonchev–Trinajstić information content (AvgIpc) is 3.21. The van der Waals surface area contributed by atoms with Crippen LogP contribution in [-0.2, 0) is 31.5 Å². The summed E-state index contributed by atoms with van der Waals surface area (Å²) in [4.78, 5) is 12.6. The van der Waals surface area contributed by atoms with Gasteiger partial charge in [-0.3, -0.25) is 9.48 Å². The van der Waals surface area contributed by atoms with Crippen molar-refractivity contribution in [2.24, 2.45) is 7.05 Å². The van der Waals surface area contributed by atoms with Crippen LogP contribution in [0.25, 0.3) is 0 Å². The zero-order valence-electron chi connectivity index (χ0n) is 15.6. The molecule has 0 bridgehead atoms. The molecule has 3 heterocycles. The minimum Gasteiger partial charge on any atom is -0.365 e. The summed E-state index contributed by atoms with van der Waals surface area (Å²) in [6.45, 7) is 5.18. The van der Waals surface area contributed by atoms with Crippen molar-refractivity contribution in [2.45, 2.75) is 39.6 Å². The van der Waals surface area contributed by atoms with E-state index in [9.17, 15) is 4.79 Å². The highest BCUT2D eigenvalue weighted by atomic mass is 16.5. The maximum atomic E-state index is 12.6. The van der Waals surface area contributed by atoms with Crippen LogP contribution in [0.15, 0.2) is 30.3 Å². The highest BCUT2D eigenvalue weighted by molar-refractivity contribution is 5.93. The second kappa shape index (κ2) is 6.96. The zero-order chi connectivity index (χ0) is 19.0. The number of hydrogen-bond acceptors (Lipinski definition) is 5. The minimum atomic E-state index is -0.249. The van der Waals surface area contributed by atoms with Gasteiger partial charge in [0.25, 0.3) is 5.91 Å². The molecule has 1 N–H and O–H groups in total. The fraction of sp³-hybridized carbons (Fsp3) is 0.368. The van der Waals surface area contributed by atoms with E-state index < -0.39 is 0 Å². The van der Waals surface area contributed by atoms with Gasteiger partial charge in [0.1, 0.15) is 6.10 Å². The first kappa shape index (κ1) is 17.4. The number of amides is 1. The van der Waals surface area contributed by atoms with Gasteiger partial charge >= 0.3 is 0 Å². The van der Waals surface area contributed by atoms with E-state index in [1.54, 1.807) is 4.68 Å². The van der Waals surface area contributed by atoms with E-state index in [2.05, 4.69) is 20.7 Å². The van der Waals surface area contributed by atoms with E-state index in [1.165, 1.54) is 0 Å². The molecule has 0 unspecified atom stereocenters. The summed E-state index contributed by atoms with van der Waals surface area (Å²) in [5.41, 5.74) is 5.08. The Hall–Kier alpha value is -3.00. The molecule has 1 aromatic carbocycles. The topological polar surface area (TPSA) is 86.9 Å². The molecule has 0 saturated carbocycles. The SMILES string of the molecule is Cc1nn(C)c(C)c1CNC(=O)c1nnn2c1CO[C@@H](c1ccccc1)C2. The fourth-order valence-corrected chi connectivity index (χ4v) is 3.38. The zero-order valence-corrected chi connectivity index (χ0v) is 15.6. The van der Waals surface area contributed by atoms with Crippen molar-refractivity contribution in [3.05, 3.63) is 64.2 Å². The van der Waals surface area contributed by atoms with Crippen LogP contribution in [0.3, 0.4) is 0 Å². The summed E-state index contributed by atoms with van der Waals surface area (Å²) in [6.07, 6.45) is -0.0861. The molecule has 2 aromatic heterocycles. The van der Waals surface area contributed by atoms with Crippen molar-refractivity contribution >= 4 is 5.91 Å². The third kappa shape index (κ3) is 3.23. The molecule has 3 aromatic rings. The molecule has 27 heavy (non-hydrogen) atoms. The summed E-state index contributed by atoms with van der Waals surface area (Å²) in [6, 6.07) is 9.99. The lowest BCUT2D eigenvalue weighted by Crippen LogP contribution is -2.27. The number of nitrogens with one attached hydrogen (secondary N) is 1. The molecule has 0 fully saturated rings. The maximum absolute atomic E-state index is 12.6. The van der Waals surface area contributed by atoms with Crippen LogP contribution in [0.4, 0.5) is 0 Å². The van der Waals surface area contributed by atoms with Crippen molar-refractivity contribution < 1.29 is 9.53 Å². The number of rotatable bonds is 4. The lowest BCUT2D eigenvalue weighted by molar-refractivity contribution is -0.00177. The largest absolute Gasteiger partial charge is 0.365 e. The van der Waals surface area contributed by atoms with Gasteiger partial charge in [0.05, 0.1) is 24.5 Å². The number of carbonyl (C=O) groups is 1. The molecule has 0 saturated heterocycles. The maximum Gasteiger partial charge on any atom is 0.274 e. The van der Waals surface area contributed by atoms with Gasteiger partial charge in [-0.2, -0.15) is 5.10 Å². The van der Waals surface area contributed by atoms with Gasteiger partial charge in [-0.15, -0.1) is 5.10 Å². The van der Waals surface area contributed by atoms with Crippen LogP contribution in [0, 0.1) is 13.8 Å². The first-order valence-corrected chi connectivity index (χ1v) is 8.90. The third-order valence-electron chi connectivity index (χ3n) is 5.07. The van der Waals surface area contributed by atoms with Gasteiger partial charge in [0, 0.05) is 24.8 Å². The molecule has 1 aliphatic rings. The number of benzene rings is 1. The molecule has 1 aliphatic heterocycles. The van der Waals surface area contributed by atoms with E-state index in [0.29, 0.717) is 31.1 Å². The number of hydrogen-bond donors (Lipinski definition) is 1. The summed E-state index contributed by atoms with van der Waals surface area (Å²) in [5.74, 6) is -0.249. The molecular weight excluding hydrogens is 344 g/mol. The summed E-state index contributed by atoms with van der Waals surface area (Å²) < 4.78 is 9.52. The van der Waals surface area contributed by atoms with E-state index in [0.717, 1.165) is 22.5 Å². The normalized spacial score (nSPS) is 16.2. The monoisotopic (exact) mass is 366 g/mol. The Labute approximate surface area is 157 Å². The van der Waals surface area contributed by atoms with Crippen LogP contribution in [-0.4, -0.2) is 30.7 Å². The standard InChI is InChI=1S/C19H22N6O2/c1-12-15(13(2)24(3)22-12)9-20-19(26)18-16-11-27-17(10-25(16)23-21-18)14-7-5-4-6-8-14/h4-8,17H,9-11H2,1-3H3,(H,20,26)/t17-/m1/s1. The fourth-order valence-electron chi connectivity index (χ4n) is 3.38. The van der Waals surface area contributed by atoms with Crippen LogP contribution in [0.2, 0.25) is 0 Å². The lowest BCUT2D eigenvalue weighted by atomic mass is 10.1. The minimum absolute atomic E-state index is 0.0861. The molecule has 1 amide bonds. The Balaban J connectivity index is 1.47. The summed E-state index contributed by atoms with van der Waals surface area (Å²) >= 11 is 0. The summed E-state index contributed by atoms with van der Waals surface area (Å²) in [5, 5.41) is 15.5. The Kier molecular flexibility index (Phi) is 4.49. The number of ether oxygens (including phenoxy) is 1. The second-order valence-electron chi connectivity index (χ2n) is 6.73. The predicted molar refractivity (Wildman–Crippen MR) is 97.8 cm³/mol. The Bertz CT molecular complexity index is 976. The average molecular weight is 366 g/mol. The Morgan fingerprint density at radius 3 is 2.78 bits per heavy atom. The molecule has 8 nitrogen and oxygen atoms in total. The van der Waals surface area contributed by atoms with Crippen LogP contribution < -0.4 is 5.32 Å². The van der Waals surface area contributed by atoms with Gasteiger partial charge in [-0.25, -0.2) is 4.68 Å². The third-order valence-corrected chi connectivity index (χ3v) is 5.07. The van der Waals surface area contributed by atoms with Gasteiger partial charge in [0.2, 0.25) is 0 Å². The van der Waals surface area contributed by atoms with E-state index in [-0.39, 0.29) is 12.0 Å². The van der Waals surface area contributed by atoms with Crippen molar-refractivity contribution in [3.63, 3.8) is 0 Å². The molecule has 0 spiro atoms. The van der Waals surface area contributed by atoms with E-state index in [4.69, 9.17) is 4.74 Å². The van der Waals surface area contributed by atoms with E-state index in [1.807, 2.05) is 55.9 Å². The molecule has 8 heteroatoms. The molecule has 4 rings (SSSR count). The first-order valence-electron chi connectivity index (χ1n) is 8.90. The smallest absolute Gasteiger partial charge is 0.274 e. The Morgan fingerprint density at radius 2 is 2.07 bits per heavy atom. The molecule has 0 radical (unpaired) electrons. The molecular formula is C19H22N6O2. The summed E-state index contributed by atoms with van der Waals surface area (Å²) in [7, 11) is 1.89. The highest BCUT2D eigenvalue weighted by Crippen LogP contribution is 2.26. The van der Waals surface area contributed by atoms with Crippen molar-refractivity contribution in [1.29, 1.82) is 0 Å². The van der Waals surface area contributed by atoms with Gasteiger partial charge in [0.15, 0.2) is 5.69 Å². The van der Waals surface area contributed by atoms with Crippen LogP contribution in [0.1, 0.15) is 44.8 Å². The number of nitrogens with zero attached hydrogens (tertiary/aromatic N) is 5. The number of carbonyl (C=O) groups excluding carboxylic acids is 1. The lowest BCUT2D eigenvalue weighted by Gasteiger charge is -2.24. The van der Waals surface area contributed by atoms with Crippen LogP contribution in [0.5, 0.6) is 0 Å². The van der Waals surface area contributed by atoms with Crippen LogP contribution >= 0.6 is 0 Å². The molecule has 140 valence electrons. The van der Waals surface area contributed by atoms with Crippen molar-refractivity contribution in [1.82, 2.24) is 30.1 Å². The van der Waals surface area contributed by atoms with Gasteiger partial charge in [-0.1, -0.05) is 35.5 Å². The van der Waals surface area contributed by atoms with Gasteiger partial charge < -0.3 is 10.1 Å². The van der Waals surface area contributed by atoms with E-state index >= 15 is 0 Å². The van der Waals surface area contributed by atoms with Gasteiger partial charge in [-0.05, 0) is 19.4 Å². The van der Waals surface area contributed by atoms with Crippen molar-refractivity contribution in [3.8, 4) is 0 Å². The number of fused-ring (bicyclic) bond motifs is 1. The number of aromatic nitrogens is 5. The quantitative estimate of drug-likeness (QED) is 0.761. The highest BCUT2D eigenvalue weighted by Gasteiger charge is 2.27. The second-order valence-corrected chi connectivity index (χ2v) is 6.73. The predicted octanol–water partition coefficient (Wildman–Crippen LogP) is 1.83. The van der Waals surface area contributed by atoms with Crippen molar-refractivity contribution in [2.75, 3.05) is 0 Å². The number of aryl methyl sites for hydroxylation is 2. The molecule has 1 atom stereocenters. The molecule has 0 aliphatic carbocycles. The first-order chi connectivity index (χ1) is 13.0. The Morgan fingerprint density at radius 1 is 1.30 bits per heavy atom.